The Balaban J connectivity index is 0. The van der Waals surface area contributed by atoms with E-state index in [9.17, 15) is 9.90 Å². The van der Waals surface area contributed by atoms with Crippen molar-refractivity contribution in [3.8, 4) is 0 Å². The van der Waals surface area contributed by atoms with Crippen LogP contribution in [0, 0.1) is 5.41 Å². The maximum Gasteiger partial charge on any atom is 1.00 e. The number of carbonyl (C=O) groups is 1. The molecule has 2 nitrogen and oxygen atoms in total. The van der Waals surface area contributed by atoms with E-state index in [1.165, 1.54) is 25.7 Å². The molecule has 0 saturated carbocycles. The third-order valence-electron chi connectivity index (χ3n) is 2.56. The van der Waals surface area contributed by atoms with Crippen molar-refractivity contribution in [3.05, 3.63) is 0 Å². The molecule has 16 heavy (non-hydrogen) atoms. The summed E-state index contributed by atoms with van der Waals surface area (Å²) in [6, 6.07) is 0. The number of aliphatic carboxylic acids is 1. The molecule has 0 aliphatic heterocycles. The summed E-state index contributed by atoms with van der Waals surface area (Å²) in [4.78, 5) is 10.1. The fraction of sp³-hybridized carbons (Fsp3) is 0.923. The number of rotatable bonds is 8. The minimum Gasteiger partial charge on any atom is -0.550 e. The Kier molecular flexibility index (Phi) is 12.0. The maximum absolute atomic E-state index is 10.1. The molecule has 0 aromatic rings. The van der Waals surface area contributed by atoms with Gasteiger partial charge in [-0.3, -0.25) is 0 Å². The number of carboxylic acid groups (broad SMARTS) is 1. The van der Waals surface area contributed by atoms with Crippen LogP contribution in [0.2, 0.25) is 0 Å². The van der Waals surface area contributed by atoms with Gasteiger partial charge in [-0.1, -0.05) is 52.9 Å². The van der Waals surface area contributed by atoms with Crippen molar-refractivity contribution in [2.24, 2.45) is 5.41 Å². The Morgan fingerprint density at radius 2 is 1.38 bits per heavy atom. The summed E-state index contributed by atoms with van der Waals surface area (Å²) in [5, 5.41) is 10.1. The Labute approximate surface area is 116 Å². The van der Waals surface area contributed by atoms with Crippen molar-refractivity contribution < 1.29 is 32.3 Å². The van der Waals surface area contributed by atoms with Crippen LogP contribution >= 0.6 is 0 Å². The van der Waals surface area contributed by atoms with Gasteiger partial charge in [0.25, 0.3) is 0 Å². The predicted molar refractivity (Wildman–Crippen MR) is 61.4 cm³/mol. The fourth-order valence-electron chi connectivity index (χ4n) is 1.63. The van der Waals surface area contributed by atoms with E-state index < -0.39 is 5.97 Å². The van der Waals surface area contributed by atoms with Gasteiger partial charge in [0.15, 0.2) is 0 Å². The van der Waals surface area contributed by atoms with E-state index >= 15 is 0 Å². The van der Waals surface area contributed by atoms with E-state index in [4.69, 9.17) is 0 Å². The van der Waals surface area contributed by atoms with Crippen molar-refractivity contribution >= 4 is 5.97 Å². The predicted octanol–water partition coefficient (Wildman–Crippen LogP) is 2.90. The Bertz CT molecular complexity index is 173. The van der Waals surface area contributed by atoms with E-state index in [1.54, 1.807) is 0 Å². The maximum atomic E-state index is 10.1. The van der Waals surface area contributed by atoms with Crippen LogP contribution in [0.25, 0.3) is 0 Å². The van der Waals surface area contributed by atoms with Crippen LogP contribution in [0.1, 0.15) is 72.1 Å². The van der Waals surface area contributed by atoms with Gasteiger partial charge in [0.2, 0.25) is 0 Å². The zero-order valence-electron chi connectivity index (χ0n) is 10.8. The van der Waals surface area contributed by atoms with Crippen LogP contribution in [-0.2, 0) is 27.2 Å². The molecule has 0 spiro atoms. The first-order chi connectivity index (χ1) is 6.92. The first-order valence-electron chi connectivity index (χ1n) is 6.12. The van der Waals surface area contributed by atoms with E-state index in [0.29, 0.717) is 5.41 Å². The van der Waals surface area contributed by atoms with Crippen LogP contribution < -0.4 is 5.11 Å². The number of hydrogen-bond donors (Lipinski definition) is 0. The van der Waals surface area contributed by atoms with Gasteiger partial charge in [0.05, 0.1) is 0 Å². The van der Waals surface area contributed by atoms with E-state index in [2.05, 4.69) is 20.8 Å². The molecule has 0 radical (unpaired) electrons. The summed E-state index contributed by atoms with van der Waals surface area (Å²) < 4.78 is 0. The van der Waals surface area contributed by atoms with E-state index in [0.717, 1.165) is 19.3 Å². The molecule has 0 amide bonds. The zero-order valence-corrected chi connectivity index (χ0v) is 12.3. The number of unbranched alkanes of at least 4 members (excludes halogenated alkanes) is 5. The molecule has 0 aliphatic carbocycles. The number of hydrogen-bond acceptors (Lipinski definition) is 2. The minimum absolute atomic E-state index is 0. The van der Waals surface area contributed by atoms with Gasteiger partial charge in [-0.2, -0.15) is 0 Å². The second kappa shape index (κ2) is 10.4. The van der Waals surface area contributed by atoms with E-state index in [1.807, 2.05) is 0 Å². The Morgan fingerprint density at radius 3 is 1.81 bits per heavy atom. The van der Waals surface area contributed by atoms with Crippen molar-refractivity contribution in [2.75, 3.05) is 0 Å². The average Bonchev–Trinajstić information content (AvgIpc) is 2.07. The van der Waals surface area contributed by atoms with Gasteiger partial charge in [-0.05, 0) is 24.7 Å². The standard InChI is InChI=1S/C13H26O2.Ag/c1-13(2,3)11-9-7-5-4-6-8-10-12(14)15;/h4-11H2,1-3H3,(H,14,15);/q;+1/p-1. The van der Waals surface area contributed by atoms with Gasteiger partial charge < -0.3 is 9.90 Å². The zero-order chi connectivity index (χ0) is 11.7. The molecule has 0 heterocycles. The molecule has 0 atom stereocenters. The summed E-state index contributed by atoms with van der Waals surface area (Å²) in [6.07, 6.45) is 8.30. The van der Waals surface area contributed by atoms with Gasteiger partial charge in [0.1, 0.15) is 0 Å². The van der Waals surface area contributed by atoms with Crippen LogP contribution in [0.4, 0.5) is 0 Å². The number of carboxylic acids is 1. The average molecular weight is 321 g/mol. The molecule has 0 aromatic heterocycles. The normalized spacial score (nSPS) is 10.9. The molecule has 0 N–H and O–H groups in total. The van der Waals surface area contributed by atoms with Crippen molar-refractivity contribution in [3.63, 3.8) is 0 Å². The summed E-state index contributed by atoms with van der Waals surface area (Å²) in [6.45, 7) is 6.81. The van der Waals surface area contributed by atoms with Gasteiger partial charge in [0, 0.05) is 5.97 Å². The Morgan fingerprint density at radius 1 is 0.938 bits per heavy atom. The van der Waals surface area contributed by atoms with E-state index in [-0.39, 0.29) is 28.8 Å². The molecule has 0 saturated heterocycles. The van der Waals surface area contributed by atoms with Crippen molar-refractivity contribution in [1.29, 1.82) is 0 Å². The van der Waals surface area contributed by atoms with Crippen LogP contribution in [0.5, 0.6) is 0 Å². The van der Waals surface area contributed by atoms with Crippen LogP contribution in [0.15, 0.2) is 0 Å². The molecule has 100 valence electrons. The number of carbonyl (C=O) groups excluding carboxylic acids is 1. The molecule has 0 aliphatic rings. The molecule has 0 fully saturated rings. The molecular formula is C13H25AgO2. The van der Waals surface area contributed by atoms with Crippen molar-refractivity contribution in [2.45, 2.75) is 72.1 Å². The third kappa shape index (κ3) is 16.6. The first-order valence-corrected chi connectivity index (χ1v) is 6.12. The monoisotopic (exact) mass is 320 g/mol. The summed E-state index contributed by atoms with van der Waals surface area (Å²) in [7, 11) is 0. The van der Waals surface area contributed by atoms with Crippen molar-refractivity contribution in [1.82, 2.24) is 0 Å². The quantitative estimate of drug-likeness (QED) is 0.509. The second-order valence-corrected chi connectivity index (χ2v) is 5.55. The summed E-state index contributed by atoms with van der Waals surface area (Å²) in [5.74, 6) is -0.914. The van der Waals surface area contributed by atoms with Gasteiger partial charge in [-0.25, -0.2) is 0 Å². The molecular weight excluding hydrogens is 296 g/mol. The van der Waals surface area contributed by atoms with Crippen LogP contribution in [0.3, 0.4) is 0 Å². The smallest absolute Gasteiger partial charge is 0.550 e. The summed E-state index contributed by atoms with van der Waals surface area (Å²) >= 11 is 0. The fourth-order valence-corrected chi connectivity index (χ4v) is 1.63. The van der Waals surface area contributed by atoms with Crippen LogP contribution in [-0.4, -0.2) is 5.97 Å². The summed E-state index contributed by atoms with van der Waals surface area (Å²) in [5.41, 5.74) is 0.453. The third-order valence-corrected chi connectivity index (χ3v) is 2.56. The molecule has 0 bridgehead atoms. The Hall–Kier alpha value is 0.210. The molecule has 3 heteroatoms. The molecule has 0 unspecified atom stereocenters. The van der Waals surface area contributed by atoms with Gasteiger partial charge in [-0.15, -0.1) is 0 Å². The second-order valence-electron chi connectivity index (χ2n) is 5.55. The van der Waals surface area contributed by atoms with Gasteiger partial charge >= 0.3 is 22.4 Å². The molecule has 0 rings (SSSR count). The topological polar surface area (TPSA) is 40.1 Å². The SMILES string of the molecule is CC(C)(C)CCCCCCCCC(=O)[O-].[Ag+]. The minimum atomic E-state index is -0.914. The largest absolute Gasteiger partial charge is 1.00 e. The molecule has 0 aromatic carbocycles. The first kappa shape index (κ1) is 18.6.